The Morgan fingerprint density at radius 1 is 1.38 bits per heavy atom. The number of rotatable bonds is 5. The maximum Gasteiger partial charge on any atom is 0.325 e. The number of ether oxygens (including phenoxy) is 2. The molecule has 2 unspecified atom stereocenters. The fourth-order valence-corrected chi connectivity index (χ4v) is 2.35. The van der Waals surface area contributed by atoms with Crippen LogP contribution in [0.4, 0.5) is 0 Å². The van der Waals surface area contributed by atoms with E-state index >= 15 is 0 Å². The molecule has 0 radical (unpaired) electrons. The summed E-state index contributed by atoms with van der Waals surface area (Å²) in [6, 6.07) is 9.51. The maximum absolute atomic E-state index is 11.6. The fourth-order valence-electron chi connectivity index (χ4n) is 2.35. The van der Waals surface area contributed by atoms with Gasteiger partial charge in [-0.05, 0) is 38.1 Å². The molecule has 1 aromatic carbocycles. The minimum absolute atomic E-state index is 0.232. The summed E-state index contributed by atoms with van der Waals surface area (Å²) in [5.41, 5.74) is 5.77. The van der Waals surface area contributed by atoms with Gasteiger partial charge in [-0.3, -0.25) is 9.78 Å². The van der Waals surface area contributed by atoms with Crippen LogP contribution in [0.5, 0.6) is 5.75 Å². The highest BCUT2D eigenvalue weighted by Crippen LogP contribution is 2.26. The van der Waals surface area contributed by atoms with Crippen molar-refractivity contribution in [2.24, 2.45) is 5.73 Å². The molecular weight excluding hydrogens is 268 g/mol. The number of aromatic nitrogens is 1. The third-order valence-electron chi connectivity index (χ3n) is 3.30. The molecule has 0 aliphatic heterocycles. The lowest BCUT2D eigenvalue weighted by molar-refractivity contribution is -0.147. The largest absolute Gasteiger partial charge is 0.490 e. The molecule has 5 heteroatoms. The predicted octanol–water partition coefficient (Wildman–Crippen LogP) is 2.28. The first-order valence-electron chi connectivity index (χ1n) is 6.82. The number of fused-ring (bicyclic) bond motifs is 1. The van der Waals surface area contributed by atoms with Crippen molar-refractivity contribution >= 4 is 16.9 Å². The van der Waals surface area contributed by atoms with Gasteiger partial charge in [0, 0.05) is 18.0 Å². The number of carbonyl (C=O) groups is 1. The van der Waals surface area contributed by atoms with Gasteiger partial charge in [-0.25, -0.2) is 0 Å². The summed E-state index contributed by atoms with van der Waals surface area (Å²) in [6.45, 7) is 3.52. The summed E-state index contributed by atoms with van der Waals surface area (Å²) in [5, 5.41) is 0.934. The van der Waals surface area contributed by atoms with Crippen LogP contribution in [0.25, 0.3) is 10.9 Å². The number of pyridine rings is 1. The molecule has 1 heterocycles. The molecule has 1 aromatic heterocycles. The van der Waals surface area contributed by atoms with Gasteiger partial charge >= 0.3 is 5.97 Å². The molecule has 2 aromatic rings. The lowest BCUT2D eigenvalue weighted by atomic mass is 9.96. The first-order valence-corrected chi connectivity index (χ1v) is 6.82. The molecule has 2 N–H and O–H groups in total. The van der Waals surface area contributed by atoms with E-state index in [0.717, 1.165) is 16.7 Å². The molecular formula is C16H20N2O3. The van der Waals surface area contributed by atoms with Crippen molar-refractivity contribution in [2.45, 2.75) is 31.9 Å². The Bertz CT molecular complexity index is 635. The van der Waals surface area contributed by atoms with Gasteiger partial charge in [0.1, 0.15) is 11.3 Å². The Balaban J connectivity index is 2.15. The number of hydrogen-bond acceptors (Lipinski definition) is 5. The summed E-state index contributed by atoms with van der Waals surface area (Å²) in [6.07, 6.45) is 1.87. The molecule has 2 rings (SSSR count). The van der Waals surface area contributed by atoms with E-state index in [9.17, 15) is 4.79 Å². The van der Waals surface area contributed by atoms with Gasteiger partial charge in [-0.1, -0.05) is 6.07 Å². The summed E-state index contributed by atoms with van der Waals surface area (Å²) >= 11 is 0. The monoisotopic (exact) mass is 288 g/mol. The normalized spacial score (nSPS) is 15.2. The van der Waals surface area contributed by atoms with Crippen LogP contribution in [0.15, 0.2) is 36.5 Å². The van der Waals surface area contributed by atoms with Crippen molar-refractivity contribution in [2.75, 3.05) is 7.11 Å². The van der Waals surface area contributed by atoms with E-state index in [4.69, 9.17) is 15.2 Å². The number of nitrogens with two attached hydrogens (primary N) is 1. The van der Waals surface area contributed by atoms with E-state index in [-0.39, 0.29) is 6.10 Å². The smallest absolute Gasteiger partial charge is 0.325 e. The minimum atomic E-state index is -1.07. The van der Waals surface area contributed by atoms with Crippen LogP contribution >= 0.6 is 0 Å². The summed E-state index contributed by atoms with van der Waals surface area (Å²) < 4.78 is 10.6. The third kappa shape index (κ3) is 3.49. The predicted molar refractivity (Wildman–Crippen MR) is 81.1 cm³/mol. The van der Waals surface area contributed by atoms with Crippen LogP contribution in [-0.4, -0.2) is 29.7 Å². The number of esters is 1. The zero-order valence-electron chi connectivity index (χ0n) is 12.5. The minimum Gasteiger partial charge on any atom is -0.490 e. The number of methoxy groups -OCH3 is 1. The number of nitrogens with zero attached hydrogens (tertiary/aromatic N) is 1. The molecule has 0 spiro atoms. The van der Waals surface area contributed by atoms with E-state index < -0.39 is 11.5 Å². The zero-order chi connectivity index (χ0) is 15.5. The molecule has 0 aliphatic rings. The quantitative estimate of drug-likeness (QED) is 0.854. The lowest BCUT2D eigenvalue weighted by Gasteiger charge is -2.25. The second kappa shape index (κ2) is 6.10. The van der Waals surface area contributed by atoms with Crippen LogP contribution in [0.1, 0.15) is 20.3 Å². The second-order valence-corrected chi connectivity index (χ2v) is 5.37. The Labute approximate surface area is 124 Å². The van der Waals surface area contributed by atoms with Crippen molar-refractivity contribution in [3.63, 3.8) is 0 Å². The average molecular weight is 288 g/mol. The summed E-state index contributed by atoms with van der Waals surface area (Å²) in [7, 11) is 1.33. The first kappa shape index (κ1) is 15.3. The van der Waals surface area contributed by atoms with Crippen LogP contribution in [-0.2, 0) is 9.53 Å². The van der Waals surface area contributed by atoms with Gasteiger partial charge in [-0.15, -0.1) is 0 Å². The molecule has 112 valence electrons. The van der Waals surface area contributed by atoms with Gasteiger partial charge < -0.3 is 15.2 Å². The van der Waals surface area contributed by atoms with E-state index in [1.165, 1.54) is 7.11 Å². The molecule has 5 nitrogen and oxygen atoms in total. The van der Waals surface area contributed by atoms with E-state index in [1.54, 1.807) is 13.1 Å². The highest BCUT2D eigenvalue weighted by Gasteiger charge is 2.32. The molecule has 21 heavy (non-hydrogen) atoms. The summed E-state index contributed by atoms with van der Waals surface area (Å²) in [4.78, 5) is 15.9. The highest BCUT2D eigenvalue weighted by molar-refractivity contribution is 5.84. The lowest BCUT2D eigenvalue weighted by Crippen LogP contribution is -2.48. The highest BCUT2D eigenvalue weighted by atomic mass is 16.5. The fraction of sp³-hybridized carbons (Fsp3) is 0.375. The van der Waals surface area contributed by atoms with Crippen molar-refractivity contribution in [1.82, 2.24) is 4.98 Å². The van der Waals surface area contributed by atoms with Gasteiger partial charge in [0.2, 0.25) is 0 Å². The van der Waals surface area contributed by atoms with Gasteiger partial charge in [0.15, 0.2) is 0 Å². The van der Waals surface area contributed by atoms with Crippen molar-refractivity contribution in [3.05, 3.63) is 36.5 Å². The second-order valence-electron chi connectivity index (χ2n) is 5.37. The third-order valence-corrected chi connectivity index (χ3v) is 3.30. The van der Waals surface area contributed by atoms with Crippen molar-refractivity contribution in [3.8, 4) is 5.75 Å². The number of carbonyl (C=O) groups excluding carboxylic acids is 1. The van der Waals surface area contributed by atoms with Crippen LogP contribution in [0.3, 0.4) is 0 Å². The van der Waals surface area contributed by atoms with E-state index in [2.05, 4.69) is 4.98 Å². The molecule has 2 atom stereocenters. The Morgan fingerprint density at radius 3 is 2.86 bits per heavy atom. The van der Waals surface area contributed by atoms with Crippen LogP contribution < -0.4 is 10.5 Å². The first-order chi connectivity index (χ1) is 9.94. The van der Waals surface area contributed by atoms with Gasteiger partial charge in [-0.2, -0.15) is 0 Å². The Hall–Kier alpha value is -2.14. The molecule has 0 saturated carbocycles. The van der Waals surface area contributed by atoms with Gasteiger partial charge in [0.25, 0.3) is 0 Å². The van der Waals surface area contributed by atoms with Crippen LogP contribution in [0, 0.1) is 0 Å². The van der Waals surface area contributed by atoms with Crippen molar-refractivity contribution in [1.29, 1.82) is 0 Å². The van der Waals surface area contributed by atoms with E-state index in [1.807, 2.05) is 37.3 Å². The SMILES string of the molecule is COC(=O)C(C)(N)CC(C)Oc1cccc2ncccc12. The number of benzene rings is 1. The topological polar surface area (TPSA) is 74.4 Å². The molecule has 0 amide bonds. The molecule has 0 bridgehead atoms. The molecule has 0 aliphatic carbocycles. The Morgan fingerprint density at radius 2 is 2.14 bits per heavy atom. The molecule has 0 fully saturated rings. The Kier molecular flexibility index (Phi) is 4.43. The molecule has 0 saturated heterocycles. The number of hydrogen-bond donors (Lipinski definition) is 1. The van der Waals surface area contributed by atoms with Gasteiger partial charge in [0.05, 0.1) is 18.7 Å². The van der Waals surface area contributed by atoms with E-state index in [0.29, 0.717) is 6.42 Å². The zero-order valence-corrected chi connectivity index (χ0v) is 12.5. The standard InChI is InChI=1S/C16H20N2O3/c1-11(10-16(2,17)15(19)20-3)21-14-8-4-7-13-12(14)6-5-9-18-13/h4-9,11H,10,17H2,1-3H3. The average Bonchev–Trinajstić information content (AvgIpc) is 2.46. The maximum atomic E-state index is 11.6. The summed E-state index contributed by atoms with van der Waals surface area (Å²) in [5.74, 6) is 0.284. The van der Waals surface area contributed by atoms with Crippen molar-refractivity contribution < 1.29 is 14.3 Å². The van der Waals surface area contributed by atoms with Crippen LogP contribution in [0.2, 0.25) is 0 Å².